The molecular formula is C59H86N8O11S. The van der Waals surface area contributed by atoms with Gasteiger partial charge in [0.1, 0.15) is 11.8 Å². The molecule has 434 valence electrons. The first-order valence-electron chi connectivity index (χ1n) is 27.4. The van der Waals surface area contributed by atoms with E-state index in [9.17, 15) is 51.6 Å². The standard InChI is InChI=1S/C59H86N8O11S/c1-37(2)44(35-42(68)22-17-14-18-33-67-48(70)28-29-49(67)71)53(73)63-45(23-19-32-62-56(60)76)47(69)36-59(30-31-59)41-24-26-43(27-25-41)79(77,78)65-52(72)39(5)34-46(38(3)4)66(12)55(75)51(57(6,7)8)64-54(74)50(61-11)58(9,10)40-20-15-13-16-21-40/h13,15-16,20-21,24-29,34,37-38,44-46,50-51,61H,14,17-19,22-23,30-33,35-36H2,1-12H3,(H,63,73)(H,64,74)(H,65,72)(H3,60,62,76)/b39-34+/t44-,45-,46-,50-,51-/m1/s1. The molecule has 1 fully saturated rings. The van der Waals surface area contributed by atoms with E-state index in [0.717, 1.165) is 10.5 Å². The molecule has 7 N–H and O–H groups in total. The Morgan fingerprint density at radius 2 is 1.41 bits per heavy atom. The highest BCUT2D eigenvalue weighted by atomic mass is 32.2. The molecule has 1 aliphatic carbocycles. The minimum atomic E-state index is -4.41. The zero-order chi connectivity index (χ0) is 59.2. The average molecular weight is 1120 g/mol. The van der Waals surface area contributed by atoms with Gasteiger partial charge in [0.2, 0.25) is 17.7 Å². The van der Waals surface area contributed by atoms with Crippen molar-refractivity contribution in [3.63, 3.8) is 0 Å². The van der Waals surface area contributed by atoms with Gasteiger partial charge in [-0.25, -0.2) is 17.9 Å². The predicted octanol–water partition coefficient (Wildman–Crippen LogP) is 5.66. The minimum Gasteiger partial charge on any atom is -0.352 e. The summed E-state index contributed by atoms with van der Waals surface area (Å²) in [6, 6.07) is 11.5. The quantitative estimate of drug-likeness (QED) is 0.0303. The van der Waals surface area contributed by atoms with E-state index in [1.54, 1.807) is 32.3 Å². The van der Waals surface area contributed by atoms with E-state index in [-0.39, 0.29) is 90.4 Å². The maximum atomic E-state index is 14.4. The molecule has 20 heteroatoms. The van der Waals surface area contributed by atoms with E-state index in [2.05, 4.69) is 26.0 Å². The highest BCUT2D eigenvalue weighted by molar-refractivity contribution is 7.90. The van der Waals surface area contributed by atoms with Crippen molar-refractivity contribution in [3.8, 4) is 0 Å². The molecule has 2 aromatic carbocycles. The van der Waals surface area contributed by atoms with Crippen LogP contribution < -0.4 is 31.7 Å². The monoisotopic (exact) mass is 1110 g/mol. The first-order valence-corrected chi connectivity index (χ1v) is 28.9. The van der Waals surface area contributed by atoms with Crippen LogP contribution in [0.1, 0.15) is 145 Å². The third kappa shape index (κ3) is 18.0. The summed E-state index contributed by atoms with van der Waals surface area (Å²) in [5.41, 5.74) is 4.91. The molecule has 4 rings (SSSR count). The normalized spacial score (nSPS) is 16.4. The Morgan fingerprint density at radius 1 is 0.797 bits per heavy atom. The molecule has 0 saturated heterocycles. The first-order chi connectivity index (χ1) is 36.9. The number of benzene rings is 2. The average Bonchev–Trinajstić information content (AvgIpc) is 4.12. The summed E-state index contributed by atoms with van der Waals surface area (Å²) in [5, 5.41) is 11.6. The fourth-order valence-electron chi connectivity index (χ4n) is 10.1. The number of carbonyl (C=O) groups excluding carboxylic acids is 9. The molecule has 1 saturated carbocycles. The van der Waals surface area contributed by atoms with Gasteiger partial charge < -0.3 is 31.9 Å². The van der Waals surface area contributed by atoms with Crippen LogP contribution in [0.3, 0.4) is 0 Å². The lowest BCUT2D eigenvalue weighted by molar-refractivity contribution is -0.141. The fraction of sp³-hybridized carbons (Fsp3) is 0.576. The van der Waals surface area contributed by atoms with Gasteiger partial charge in [0.05, 0.1) is 23.0 Å². The number of Topliss-reactive ketones (excluding diaryl/α,β-unsaturated/α-hetero) is 2. The smallest absolute Gasteiger partial charge is 0.312 e. The van der Waals surface area contributed by atoms with Crippen LogP contribution in [0.15, 0.2) is 83.3 Å². The lowest BCUT2D eigenvalue weighted by Gasteiger charge is -2.40. The number of hydrogen-bond acceptors (Lipinski definition) is 12. The third-order valence-corrected chi connectivity index (χ3v) is 16.7. The van der Waals surface area contributed by atoms with Gasteiger partial charge >= 0.3 is 6.03 Å². The minimum absolute atomic E-state index is 0.0176. The van der Waals surface area contributed by atoms with Crippen molar-refractivity contribution in [2.24, 2.45) is 28.9 Å². The van der Waals surface area contributed by atoms with Gasteiger partial charge in [-0.15, -0.1) is 0 Å². The summed E-state index contributed by atoms with van der Waals surface area (Å²) in [7, 11) is -1.12. The van der Waals surface area contributed by atoms with Crippen LogP contribution in [0.4, 0.5) is 4.79 Å². The molecule has 1 aliphatic heterocycles. The molecule has 0 unspecified atom stereocenters. The van der Waals surface area contributed by atoms with E-state index in [1.807, 2.05) is 92.6 Å². The van der Waals surface area contributed by atoms with E-state index >= 15 is 0 Å². The van der Waals surface area contributed by atoms with Crippen LogP contribution in [0.5, 0.6) is 0 Å². The number of primary amides is 1. The van der Waals surface area contributed by atoms with Gasteiger partial charge in [-0.05, 0) is 93.0 Å². The second-order valence-electron chi connectivity index (χ2n) is 23.6. The summed E-state index contributed by atoms with van der Waals surface area (Å²) in [6.45, 7) is 18.7. The zero-order valence-corrected chi connectivity index (χ0v) is 49.1. The van der Waals surface area contributed by atoms with Crippen molar-refractivity contribution in [2.75, 3.05) is 27.2 Å². The van der Waals surface area contributed by atoms with E-state index < -0.39 is 80.1 Å². The number of imide groups is 1. The van der Waals surface area contributed by atoms with Crippen LogP contribution in [0, 0.1) is 23.2 Å². The summed E-state index contributed by atoms with van der Waals surface area (Å²) < 4.78 is 29.6. The molecule has 0 radical (unpaired) electrons. The van der Waals surface area contributed by atoms with Gasteiger partial charge in [-0.1, -0.05) is 117 Å². The largest absolute Gasteiger partial charge is 0.352 e. The SMILES string of the molecule is CN[C@H](C(=O)N[C@H](C(=O)N(C)[C@H](/C=C(\C)C(=O)NS(=O)(=O)c1ccc(C2(CC(=O)[C@@H](CCCNC(N)=O)NC(=O)[C@H](CC(=O)CCCCCN3C(=O)C=CC3=O)C(C)C)CC2)cc1)C(C)C)C(C)(C)C)C(C)(C)c1ccccc1. The van der Waals surface area contributed by atoms with Gasteiger partial charge in [-0.2, -0.15) is 0 Å². The number of hydrogen-bond donors (Lipinski definition) is 6. The number of nitrogens with one attached hydrogen (secondary N) is 5. The number of amides is 8. The number of rotatable bonds is 31. The molecule has 2 aromatic rings. The Labute approximate surface area is 467 Å². The Hall–Kier alpha value is -6.54. The Kier molecular flexibility index (Phi) is 23.1. The molecule has 1 heterocycles. The maximum Gasteiger partial charge on any atom is 0.312 e. The fourth-order valence-corrected chi connectivity index (χ4v) is 11.1. The van der Waals surface area contributed by atoms with E-state index in [0.29, 0.717) is 44.1 Å². The second-order valence-corrected chi connectivity index (χ2v) is 25.3. The lowest BCUT2D eigenvalue weighted by Crippen LogP contribution is -2.61. The number of likely N-dealkylation sites (N-methyl/N-ethyl adjacent to an activating group) is 2. The van der Waals surface area contributed by atoms with E-state index in [4.69, 9.17) is 5.73 Å². The molecule has 19 nitrogen and oxygen atoms in total. The topological polar surface area (TPSA) is 280 Å². The van der Waals surface area contributed by atoms with Gasteiger partial charge in [0, 0.05) is 73.9 Å². The molecule has 2 aliphatic rings. The van der Waals surface area contributed by atoms with Crippen molar-refractivity contribution in [1.82, 2.24) is 35.8 Å². The number of carbonyl (C=O) groups is 9. The van der Waals surface area contributed by atoms with Gasteiger partial charge in [0.25, 0.3) is 27.7 Å². The molecule has 5 atom stereocenters. The van der Waals surface area contributed by atoms with Crippen molar-refractivity contribution in [1.29, 1.82) is 0 Å². The van der Waals surface area contributed by atoms with E-state index in [1.165, 1.54) is 36.1 Å². The number of ketones is 2. The Balaban J connectivity index is 1.42. The second kappa shape index (κ2) is 28.1. The number of sulfonamides is 1. The van der Waals surface area contributed by atoms with Crippen molar-refractivity contribution in [3.05, 3.63) is 89.5 Å². The Morgan fingerprint density at radius 3 is 1.94 bits per heavy atom. The summed E-state index contributed by atoms with van der Waals surface area (Å²) >= 11 is 0. The van der Waals surface area contributed by atoms with Crippen molar-refractivity contribution in [2.45, 2.75) is 173 Å². The summed E-state index contributed by atoms with van der Waals surface area (Å²) in [4.78, 5) is 121. The maximum absolute atomic E-state index is 14.4. The van der Waals surface area contributed by atoms with Crippen LogP contribution in [0.25, 0.3) is 0 Å². The molecule has 0 aromatic heterocycles. The van der Waals surface area contributed by atoms with Gasteiger partial charge in [-0.3, -0.25) is 43.3 Å². The number of unbranched alkanes of at least 4 members (excludes halogenated alkanes) is 2. The summed E-state index contributed by atoms with van der Waals surface area (Å²) in [5.74, 6) is -4.43. The number of nitrogens with two attached hydrogens (primary N) is 1. The van der Waals surface area contributed by atoms with Crippen LogP contribution >= 0.6 is 0 Å². The van der Waals surface area contributed by atoms with Crippen molar-refractivity contribution >= 4 is 63.1 Å². The van der Waals surface area contributed by atoms with Gasteiger partial charge in [0.15, 0.2) is 5.78 Å². The molecule has 8 amide bonds. The molecule has 0 spiro atoms. The highest BCUT2D eigenvalue weighted by Gasteiger charge is 2.47. The van der Waals surface area contributed by atoms with Crippen LogP contribution in [0.2, 0.25) is 0 Å². The molecular weight excluding hydrogens is 1030 g/mol. The third-order valence-electron chi connectivity index (χ3n) is 15.3. The number of nitrogens with zero attached hydrogens (tertiary/aromatic N) is 2. The zero-order valence-electron chi connectivity index (χ0n) is 48.3. The Bertz CT molecular complexity index is 2690. The number of urea groups is 1. The first kappa shape index (κ1) is 65.0. The van der Waals surface area contributed by atoms with Crippen LogP contribution in [-0.2, 0) is 59.2 Å². The molecule has 79 heavy (non-hydrogen) atoms. The van der Waals surface area contributed by atoms with Crippen molar-refractivity contribution < 1.29 is 51.6 Å². The lowest BCUT2D eigenvalue weighted by atomic mass is 9.76. The highest BCUT2D eigenvalue weighted by Crippen LogP contribution is 2.51. The van der Waals surface area contributed by atoms with Crippen LogP contribution in [-0.4, -0.2) is 123 Å². The summed E-state index contributed by atoms with van der Waals surface area (Å²) in [6.07, 6.45) is 7.55. The predicted molar refractivity (Wildman–Crippen MR) is 302 cm³/mol. The molecule has 0 bridgehead atoms.